The van der Waals surface area contributed by atoms with E-state index in [0.29, 0.717) is 17.6 Å². The minimum absolute atomic E-state index is 0. The minimum atomic E-state index is -1.14. The summed E-state index contributed by atoms with van der Waals surface area (Å²) in [4.78, 5) is 4.50. The van der Waals surface area contributed by atoms with Crippen molar-refractivity contribution < 1.29 is 14.3 Å². The second-order valence-corrected chi connectivity index (χ2v) is 6.84. The number of hydrogen-bond acceptors (Lipinski definition) is 4. The molecule has 0 aliphatic rings. The van der Waals surface area contributed by atoms with Gasteiger partial charge < -0.3 is 24.9 Å². The van der Waals surface area contributed by atoms with E-state index in [1.165, 1.54) is 5.56 Å². The highest BCUT2D eigenvalue weighted by molar-refractivity contribution is 14.0. The Hall–Kier alpha value is -1.74. The van der Waals surface area contributed by atoms with E-state index in [1.54, 1.807) is 32.4 Å². The Labute approximate surface area is 184 Å². The Morgan fingerprint density at radius 1 is 1.25 bits per heavy atom. The molecule has 0 saturated carbocycles. The molecular formula is C21H32IN3O3. The van der Waals surface area contributed by atoms with Crippen molar-refractivity contribution in [2.24, 2.45) is 4.99 Å². The van der Waals surface area contributed by atoms with E-state index in [9.17, 15) is 5.11 Å². The van der Waals surface area contributed by atoms with Gasteiger partial charge in [0.05, 0.1) is 19.9 Å². The summed E-state index contributed by atoms with van der Waals surface area (Å²) in [5.41, 5.74) is 0.141. The van der Waals surface area contributed by atoms with Gasteiger partial charge in [-0.15, -0.1) is 24.0 Å². The monoisotopic (exact) mass is 501 g/mol. The van der Waals surface area contributed by atoms with E-state index in [2.05, 4.69) is 34.7 Å². The molecule has 1 aromatic heterocycles. The Balaban J connectivity index is 0.00000392. The second-order valence-electron chi connectivity index (χ2n) is 6.84. The highest BCUT2D eigenvalue weighted by Gasteiger charge is 2.26. The third-order valence-corrected chi connectivity index (χ3v) is 4.50. The maximum absolute atomic E-state index is 10.5. The molecule has 2 aromatic rings. The number of benzene rings is 1. The molecule has 28 heavy (non-hydrogen) atoms. The molecule has 1 aromatic carbocycles. The summed E-state index contributed by atoms with van der Waals surface area (Å²) < 4.78 is 10.5. The number of hydrogen-bond donors (Lipinski definition) is 3. The first-order valence-corrected chi connectivity index (χ1v) is 9.38. The van der Waals surface area contributed by atoms with Gasteiger partial charge in [0.2, 0.25) is 0 Å². The molecule has 2 unspecified atom stereocenters. The van der Waals surface area contributed by atoms with Gasteiger partial charge in [-0.25, -0.2) is 4.99 Å². The molecule has 0 aliphatic carbocycles. The first kappa shape index (κ1) is 24.3. The van der Waals surface area contributed by atoms with Crippen LogP contribution < -0.4 is 15.4 Å². The first-order chi connectivity index (χ1) is 13.0. The zero-order valence-corrected chi connectivity index (χ0v) is 19.4. The number of methoxy groups -OCH3 is 1. The molecule has 0 spiro atoms. The number of guanidine groups is 1. The summed E-state index contributed by atoms with van der Waals surface area (Å²) in [6.07, 6.45) is 2.52. The van der Waals surface area contributed by atoms with E-state index in [0.717, 1.165) is 25.3 Å². The molecule has 0 amide bonds. The van der Waals surface area contributed by atoms with Gasteiger partial charge in [-0.05, 0) is 56.0 Å². The van der Waals surface area contributed by atoms with Crippen LogP contribution in [-0.4, -0.2) is 37.8 Å². The van der Waals surface area contributed by atoms with Crippen LogP contribution in [0.1, 0.15) is 44.4 Å². The molecule has 1 heterocycles. The van der Waals surface area contributed by atoms with Crippen LogP contribution in [-0.2, 0) is 5.60 Å². The summed E-state index contributed by atoms with van der Waals surface area (Å²) >= 11 is 0. The number of nitrogens with zero attached hydrogens (tertiary/aromatic N) is 1. The fourth-order valence-corrected chi connectivity index (χ4v) is 2.74. The van der Waals surface area contributed by atoms with Gasteiger partial charge in [-0.3, -0.25) is 0 Å². The lowest BCUT2D eigenvalue weighted by atomic mass is 9.98. The molecule has 0 radical (unpaired) electrons. The largest absolute Gasteiger partial charge is 0.497 e. The van der Waals surface area contributed by atoms with Gasteiger partial charge in [0.15, 0.2) is 5.96 Å². The third kappa shape index (κ3) is 7.35. The summed E-state index contributed by atoms with van der Waals surface area (Å²) in [7, 11) is 1.67. The second kappa shape index (κ2) is 12.0. The van der Waals surface area contributed by atoms with Crippen LogP contribution in [0.3, 0.4) is 0 Å². The summed E-state index contributed by atoms with van der Waals surface area (Å²) in [5.74, 6) is 2.48. The number of aliphatic imine (C=N–C) groups is 1. The van der Waals surface area contributed by atoms with E-state index in [1.807, 2.05) is 19.1 Å². The zero-order valence-electron chi connectivity index (χ0n) is 17.1. The SMILES string of the molecule is CCNC(=NCC(C)(O)c1ccco1)NCCC(C)c1ccc(OC)cc1.I. The third-order valence-electron chi connectivity index (χ3n) is 4.50. The van der Waals surface area contributed by atoms with Gasteiger partial charge in [0, 0.05) is 13.1 Å². The van der Waals surface area contributed by atoms with Crippen molar-refractivity contribution in [3.05, 3.63) is 54.0 Å². The van der Waals surface area contributed by atoms with Crippen molar-refractivity contribution in [1.29, 1.82) is 0 Å². The van der Waals surface area contributed by atoms with Gasteiger partial charge >= 0.3 is 0 Å². The quantitative estimate of drug-likeness (QED) is 0.276. The lowest BCUT2D eigenvalue weighted by Gasteiger charge is -2.20. The summed E-state index contributed by atoms with van der Waals surface area (Å²) in [6.45, 7) is 7.66. The highest BCUT2D eigenvalue weighted by atomic mass is 127. The minimum Gasteiger partial charge on any atom is -0.497 e. The fraction of sp³-hybridized carbons (Fsp3) is 0.476. The molecular weight excluding hydrogens is 469 g/mol. The average molecular weight is 501 g/mol. The molecule has 0 aliphatic heterocycles. The maximum Gasteiger partial charge on any atom is 0.191 e. The number of aliphatic hydroxyl groups is 1. The number of rotatable bonds is 9. The van der Waals surface area contributed by atoms with Crippen LogP contribution in [0.15, 0.2) is 52.1 Å². The number of nitrogens with one attached hydrogen (secondary N) is 2. The highest BCUT2D eigenvalue weighted by Crippen LogP contribution is 2.22. The maximum atomic E-state index is 10.5. The standard InChI is InChI=1S/C21H31N3O3.HI/c1-5-22-20(24-15-21(3,25)19-7-6-14-27-19)23-13-12-16(2)17-8-10-18(26-4)11-9-17;/h6-11,14,16,25H,5,12-13,15H2,1-4H3,(H2,22,23,24);1H. The van der Waals surface area contributed by atoms with Crippen LogP contribution in [0, 0.1) is 0 Å². The molecule has 2 atom stereocenters. The van der Waals surface area contributed by atoms with Crippen molar-refractivity contribution in [2.75, 3.05) is 26.7 Å². The molecule has 0 bridgehead atoms. The predicted molar refractivity (Wildman–Crippen MR) is 124 cm³/mol. The van der Waals surface area contributed by atoms with Gasteiger partial charge in [-0.1, -0.05) is 19.1 Å². The Bertz CT molecular complexity index is 700. The Morgan fingerprint density at radius 3 is 2.54 bits per heavy atom. The Kier molecular flexibility index (Phi) is 10.4. The first-order valence-electron chi connectivity index (χ1n) is 9.38. The Morgan fingerprint density at radius 2 is 1.96 bits per heavy atom. The van der Waals surface area contributed by atoms with Gasteiger partial charge in [-0.2, -0.15) is 0 Å². The van der Waals surface area contributed by atoms with E-state index in [4.69, 9.17) is 9.15 Å². The molecule has 2 rings (SSSR count). The van der Waals surface area contributed by atoms with Crippen molar-refractivity contribution in [3.8, 4) is 5.75 Å². The normalized spacial score (nSPS) is 14.5. The molecule has 0 fully saturated rings. The molecule has 156 valence electrons. The zero-order chi connectivity index (χ0) is 19.7. The van der Waals surface area contributed by atoms with Crippen molar-refractivity contribution in [1.82, 2.24) is 10.6 Å². The van der Waals surface area contributed by atoms with Crippen LogP contribution in [0.25, 0.3) is 0 Å². The lowest BCUT2D eigenvalue weighted by molar-refractivity contribution is 0.0437. The van der Waals surface area contributed by atoms with Gasteiger partial charge in [0.25, 0.3) is 0 Å². The van der Waals surface area contributed by atoms with Crippen LogP contribution in [0.2, 0.25) is 0 Å². The lowest BCUT2D eigenvalue weighted by Crippen LogP contribution is -2.39. The molecule has 6 nitrogen and oxygen atoms in total. The van der Waals surface area contributed by atoms with E-state index >= 15 is 0 Å². The van der Waals surface area contributed by atoms with Crippen LogP contribution in [0.4, 0.5) is 0 Å². The predicted octanol–water partition coefficient (Wildman–Crippen LogP) is 3.86. The van der Waals surface area contributed by atoms with E-state index in [-0.39, 0.29) is 30.5 Å². The fourth-order valence-electron chi connectivity index (χ4n) is 2.74. The van der Waals surface area contributed by atoms with Crippen molar-refractivity contribution in [2.45, 2.75) is 38.7 Å². The molecule has 3 N–H and O–H groups in total. The average Bonchev–Trinajstić information content (AvgIpc) is 3.22. The van der Waals surface area contributed by atoms with Crippen LogP contribution >= 0.6 is 24.0 Å². The smallest absolute Gasteiger partial charge is 0.191 e. The van der Waals surface area contributed by atoms with Crippen LogP contribution in [0.5, 0.6) is 5.75 Å². The number of furan rings is 1. The van der Waals surface area contributed by atoms with Gasteiger partial charge in [0.1, 0.15) is 17.1 Å². The number of halogens is 1. The van der Waals surface area contributed by atoms with E-state index < -0.39 is 5.60 Å². The molecule has 0 saturated heterocycles. The summed E-state index contributed by atoms with van der Waals surface area (Å²) in [6, 6.07) is 11.7. The number of ether oxygens (including phenoxy) is 1. The topological polar surface area (TPSA) is 79.0 Å². The van der Waals surface area contributed by atoms with Crippen molar-refractivity contribution >= 4 is 29.9 Å². The van der Waals surface area contributed by atoms with Crippen molar-refractivity contribution in [3.63, 3.8) is 0 Å². The molecule has 7 heteroatoms. The summed E-state index contributed by atoms with van der Waals surface area (Å²) in [5, 5.41) is 17.1.